The molecule has 0 saturated carbocycles. The van der Waals surface area contributed by atoms with Gasteiger partial charge in [-0.25, -0.2) is 0 Å². The number of hydrogen-bond donors (Lipinski definition) is 2. The third-order valence-corrected chi connectivity index (χ3v) is 4.62. The molecule has 1 aromatic rings. The molecule has 2 rings (SSSR count). The van der Waals surface area contributed by atoms with Gasteiger partial charge in [-0.1, -0.05) is 12.1 Å². The van der Waals surface area contributed by atoms with E-state index < -0.39 is 0 Å². The van der Waals surface area contributed by atoms with E-state index in [1.54, 1.807) is 7.05 Å². The fourth-order valence-electron chi connectivity index (χ4n) is 3.18. The molecule has 27 heavy (non-hydrogen) atoms. The molecule has 0 atom stereocenters. The van der Waals surface area contributed by atoms with Crippen molar-refractivity contribution in [2.24, 2.45) is 10.9 Å². The average Bonchev–Trinajstić information content (AvgIpc) is 2.64. The lowest BCUT2D eigenvalue weighted by Crippen LogP contribution is -2.45. The Hall–Kier alpha value is -1.51. The highest BCUT2D eigenvalue weighted by atomic mass is 127. The quantitative estimate of drug-likeness (QED) is 0.367. The van der Waals surface area contributed by atoms with Gasteiger partial charge in [0.05, 0.1) is 6.10 Å². The van der Waals surface area contributed by atoms with Crippen molar-refractivity contribution in [2.45, 2.75) is 45.8 Å². The number of hydrogen-bond acceptors (Lipinski definition) is 3. The maximum Gasteiger partial charge on any atom is 0.220 e. The first kappa shape index (κ1) is 23.5. The van der Waals surface area contributed by atoms with Gasteiger partial charge in [0.1, 0.15) is 5.75 Å². The normalized spacial score (nSPS) is 15.3. The Morgan fingerprint density at radius 1 is 1.26 bits per heavy atom. The number of likely N-dealkylation sites (tertiary alicyclic amines) is 1. The molecule has 1 amide bonds. The van der Waals surface area contributed by atoms with Gasteiger partial charge < -0.3 is 20.3 Å². The van der Waals surface area contributed by atoms with Gasteiger partial charge in [0.25, 0.3) is 0 Å². The van der Waals surface area contributed by atoms with Crippen LogP contribution in [0.4, 0.5) is 0 Å². The summed E-state index contributed by atoms with van der Waals surface area (Å²) in [6.07, 6.45) is 2.86. The van der Waals surface area contributed by atoms with Crippen LogP contribution in [0.15, 0.2) is 29.3 Å². The lowest BCUT2D eigenvalue weighted by molar-refractivity contribution is -0.121. The molecule has 1 aliphatic rings. The Labute approximate surface area is 180 Å². The molecular formula is C20H33IN4O2. The molecule has 7 heteroatoms. The van der Waals surface area contributed by atoms with Gasteiger partial charge in [0.2, 0.25) is 5.91 Å². The number of guanidine groups is 1. The minimum Gasteiger partial charge on any atom is -0.491 e. The SMILES string of the molecule is CN=C(NCc1ccc(OC(C)C)cc1)N1CCC(CC(=O)NC)CC1.I. The second-order valence-electron chi connectivity index (χ2n) is 7.02. The molecule has 0 aliphatic carbocycles. The molecule has 6 nitrogen and oxygen atoms in total. The lowest BCUT2D eigenvalue weighted by atomic mass is 9.93. The number of aliphatic imine (C=N–C) groups is 1. The predicted octanol–water partition coefficient (Wildman–Crippen LogP) is 3.02. The number of nitrogens with zero attached hydrogens (tertiary/aromatic N) is 2. The molecule has 1 fully saturated rings. The molecule has 0 aromatic heterocycles. The Balaban J connectivity index is 0.00000364. The predicted molar refractivity (Wildman–Crippen MR) is 121 cm³/mol. The summed E-state index contributed by atoms with van der Waals surface area (Å²) in [5.41, 5.74) is 1.19. The summed E-state index contributed by atoms with van der Waals surface area (Å²) in [7, 11) is 3.52. The molecule has 1 aliphatic heterocycles. The maximum absolute atomic E-state index is 11.5. The van der Waals surface area contributed by atoms with Gasteiger partial charge >= 0.3 is 0 Å². The third-order valence-electron chi connectivity index (χ3n) is 4.62. The first-order valence-corrected chi connectivity index (χ1v) is 9.43. The molecular weight excluding hydrogens is 455 g/mol. The van der Waals surface area contributed by atoms with Crippen molar-refractivity contribution in [1.82, 2.24) is 15.5 Å². The molecule has 0 radical (unpaired) electrons. The zero-order chi connectivity index (χ0) is 18.9. The Morgan fingerprint density at radius 2 is 1.89 bits per heavy atom. The molecule has 1 heterocycles. The molecule has 0 spiro atoms. The third kappa shape index (κ3) is 7.94. The van der Waals surface area contributed by atoms with Crippen molar-refractivity contribution in [3.63, 3.8) is 0 Å². The molecule has 2 N–H and O–H groups in total. The van der Waals surface area contributed by atoms with Crippen molar-refractivity contribution in [3.8, 4) is 5.75 Å². The highest BCUT2D eigenvalue weighted by Crippen LogP contribution is 2.20. The van der Waals surface area contributed by atoms with Crippen LogP contribution in [-0.4, -0.2) is 50.1 Å². The average molecular weight is 488 g/mol. The number of rotatable bonds is 6. The van der Waals surface area contributed by atoms with Gasteiger partial charge in [-0.15, -0.1) is 24.0 Å². The highest BCUT2D eigenvalue weighted by molar-refractivity contribution is 14.0. The van der Waals surface area contributed by atoms with Gasteiger partial charge in [-0.05, 0) is 50.3 Å². The smallest absolute Gasteiger partial charge is 0.220 e. The number of carbonyl (C=O) groups is 1. The molecule has 1 aromatic carbocycles. The summed E-state index contributed by atoms with van der Waals surface area (Å²) in [6.45, 7) is 6.65. The standard InChI is InChI=1S/C20H32N4O2.HI/c1-15(2)26-18-7-5-17(6-8-18)14-23-20(22-4)24-11-9-16(10-12-24)13-19(25)21-3;/h5-8,15-16H,9-14H2,1-4H3,(H,21,25)(H,22,23);1H. The number of halogens is 1. The van der Waals surface area contributed by atoms with Crippen LogP contribution in [0.3, 0.4) is 0 Å². The molecule has 0 unspecified atom stereocenters. The summed E-state index contributed by atoms with van der Waals surface area (Å²) in [5.74, 6) is 2.42. The number of amides is 1. The summed E-state index contributed by atoms with van der Waals surface area (Å²) in [6, 6.07) is 8.16. The zero-order valence-corrected chi connectivity index (χ0v) is 19.2. The number of piperidine rings is 1. The van der Waals surface area contributed by atoms with Crippen LogP contribution >= 0.6 is 24.0 Å². The second-order valence-corrected chi connectivity index (χ2v) is 7.02. The van der Waals surface area contributed by atoms with Crippen molar-refractivity contribution in [3.05, 3.63) is 29.8 Å². The highest BCUT2D eigenvalue weighted by Gasteiger charge is 2.22. The van der Waals surface area contributed by atoms with Crippen LogP contribution in [0.25, 0.3) is 0 Å². The fraction of sp³-hybridized carbons (Fsp3) is 0.600. The first-order valence-electron chi connectivity index (χ1n) is 9.43. The fourth-order valence-corrected chi connectivity index (χ4v) is 3.18. The zero-order valence-electron chi connectivity index (χ0n) is 16.8. The van der Waals surface area contributed by atoms with Crippen molar-refractivity contribution < 1.29 is 9.53 Å². The van der Waals surface area contributed by atoms with E-state index in [9.17, 15) is 4.79 Å². The number of nitrogens with one attached hydrogen (secondary N) is 2. The summed E-state index contributed by atoms with van der Waals surface area (Å²) >= 11 is 0. The van der Waals surface area contributed by atoms with E-state index in [1.807, 2.05) is 33.0 Å². The van der Waals surface area contributed by atoms with Crippen LogP contribution in [0.2, 0.25) is 0 Å². The van der Waals surface area contributed by atoms with E-state index in [0.29, 0.717) is 12.3 Å². The number of carbonyl (C=O) groups excluding carboxylic acids is 1. The molecule has 1 saturated heterocycles. The van der Waals surface area contributed by atoms with Crippen molar-refractivity contribution >= 4 is 35.8 Å². The van der Waals surface area contributed by atoms with E-state index in [1.165, 1.54) is 5.56 Å². The Morgan fingerprint density at radius 3 is 2.41 bits per heavy atom. The largest absolute Gasteiger partial charge is 0.491 e. The van der Waals surface area contributed by atoms with Crippen LogP contribution in [-0.2, 0) is 11.3 Å². The minimum absolute atomic E-state index is 0. The van der Waals surface area contributed by atoms with E-state index in [-0.39, 0.29) is 36.0 Å². The Bertz CT molecular complexity index is 597. The maximum atomic E-state index is 11.5. The van der Waals surface area contributed by atoms with Gasteiger partial charge in [-0.2, -0.15) is 0 Å². The van der Waals surface area contributed by atoms with Gasteiger partial charge in [-0.3, -0.25) is 9.79 Å². The van der Waals surface area contributed by atoms with Gasteiger partial charge in [0, 0.05) is 40.2 Å². The van der Waals surface area contributed by atoms with E-state index in [2.05, 4.69) is 32.7 Å². The van der Waals surface area contributed by atoms with Crippen LogP contribution < -0.4 is 15.4 Å². The summed E-state index contributed by atoms with van der Waals surface area (Å²) in [5, 5.41) is 6.15. The number of ether oxygens (including phenoxy) is 1. The molecule has 0 bridgehead atoms. The van der Waals surface area contributed by atoms with E-state index >= 15 is 0 Å². The van der Waals surface area contributed by atoms with Crippen LogP contribution in [0.5, 0.6) is 5.75 Å². The molecule has 152 valence electrons. The second kappa shape index (κ2) is 12.0. The lowest BCUT2D eigenvalue weighted by Gasteiger charge is -2.34. The first-order chi connectivity index (χ1) is 12.5. The van der Waals surface area contributed by atoms with Crippen LogP contribution in [0.1, 0.15) is 38.7 Å². The monoisotopic (exact) mass is 488 g/mol. The minimum atomic E-state index is 0. The van der Waals surface area contributed by atoms with E-state index in [0.717, 1.165) is 44.2 Å². The summed E-state index contributed by atoms with van der Waals surface area (Å²) in [4.78, 5) is 18.2. The number of benzene rings is 1. The summed E-state index contributed by atoms with van der Waals surface area (Å²) < 4.78 is 5.68. The van der Waals surface area contributed by atoms with Crippen molar-refractivity contribution in [1.29, 1.82) is 0 Å². The van der Waals surface area contributed by atoms with Crippen molar-refractivity contribution in [2.75, 3.05) is 27.2 Å². The topological polar surface area (TPSA) is 66.0 Å². The van der Waals surface area contributed by atoms with Gasteiger partial charge in [0.15, 0.2) is 5.96 Å². The Kier molecular flexibility index (Phi) is 10.5. The van der Waals surface area contributed by atoms with Crippen LogP contribution in [0, 0.1) is 5.92 Å². The van der Waals surface area contributed by atoms with E-state index in [4.69, 9.17) is 4.74 Å².